The van der Waals surface area contributed by atoms with Crippen molar-refractivity contribution in [2.45, 2.75) is 71.3 Å². The van der Waals surface area contributed by atoms with Gasteiger partial charge in [0.05, 0.1) is 30.0 Å². The average Bonchev–Trinajstić information content (AvgIpc) is 3.34. The molecule has 1 aliphatic heterocycles. The quantitative estimate of drug-likeness (QED) is 0.553. The van der Waals surface area contributed by atoms with Crippen molar-refractivity contribution < 1.29 is 19.2 Å². The first-order chi connectivity index (χ1) is 16.8. The summed E-state index contributed by atoms with van der Waals surface area (Å²) in [6.45, 7) is 8.21. The van der Waals surface area contributed by atoms with Gasteiger partial charge in [0.15, 0.2) is 5.82 Å². The van der Waals surface area contributed by atoms with Crippen LogP contribution in [0.4, 0.5) is 6.01 Å². The van der Waals surface area contributed by atoms with Crippen LogP contribution in [0.5, 0.6) is 5.75 Å². The van der Waals surface area contributed by atoms with Crippen molar-refractivity contribution in [3.8, 4) is 5.75 Å². The molecule has 1 amide bonds. The van der Waals surface area contributed by atoms with Crippen molar-refractivity contribution in [2.75, 3.05) is 24.6 Å². The minimum Gasteiger partial charge on any atom is -0.492 e. The maximum Gasteiger partial charge on any atom is 0.324 e. The van der Waals surface area contributed by atoms with Gasteiger partial charge in [0.2, 0.25) is 5.91 Å². The number of amides is 1. The number of nitrogens with zero attached hydrogens (tertiary/aromatic N) is 4. The van der Waals surface area contributed by atoms with E-state index in [4.69, 9.17) is 15.0 Å². The molecule has 35 heavy (non-hydrogen) atoms. The number of carbonyl (C=O) groups excluding carboxylic acids is 1. The lowest BCUT2D eigenvalue weighted by molar-refractivity contribution is -0.129. The number of ether oxygens (including phenoxy) is 1. The Kier molecular flexibility index (Phi) is 7.74. The number of hydrogen-bond donors (Lipinski definition) is 2. The molecule has 4 rings (SSSR count). The second-order valence-corrected chi connectivity index (χ2v) is 10.3. The number of aromatic nitrogens is 3. The van der Waals surface area contributed by atoms with Crippen molar-refractivity contribution in [1.82, 2.24) is 15.1 Å². The van der Waals surface area contributed by atoms with Crippen molar-refractivity contribution in [1.29, 1.82) is 0 Å². The van der Waals surface area contributed by atoms with Gasteiger partial charge in [-0.05, 0) is 69.1 Å². The third-order valence-electron chi connectivity index (χ3n) is 7.20. The topological polar surface area (TPSA) is 128 Å². The van der Waals surface area contributed by atoms with Crippen molar-refractivity contribution in [3.05, 3.63) is 35.9 Å². The standard InChI is InChI=1S/C26H37N5O4/c1-17(2)23-29-25(35-30-23)31-12-8-19(9-13-31)16-34-21-4-5-22(28-15-21)20-6-10-26(11-7-20,24(27)33)14-18(3)32/h4-6,15,17-19,32H,7-14,16H2,1-3H3,(H2,27,33)/t18-,26?/m0/s1. The number of rotatable bonds is 9. The molecule has 1 unspecified atom stereocenters. The first kappa shape index (κ1) is 25.2. The van der Waals surface area contributed by atoms with Crippen LogP contribution in [0.2, 0.25) is 0 Å². The van der Waals surface area contributed by atoms with Crippen molar-refractivity contribution >= 4 is 17.5 Å². The Morgan fingerprint density at radius 2 is 2.09 bits per heavy atom. The Hall–Kier alpha value is -2.94. The summed E-state index contributed by atoms with van der Waals surface area (Å²) in [6, 6.07) is 4.54. The first-order valence-corrected chi connectivity index (χ1v) is 12.6. The van der Waals surface area contributed by atoms with Crippen LogP contribution in [0.25, 0.3) is 5.57 Å². The van der Waals surface area contributed by atoms with Gasteiger partial charge in [0.25, 0.3) is 0 Å². The summed E-state index contributed by atoms with van der Waals surface area (Å²) in [7, 11) is 0. The number of aliphatic hydroxyl groups excluding tert-OH is 1. The molecule has 2 aliphatic rings. The van der Waals surface area contributed by atoms with Gasteiger partial charge in [-0.25, -0.2) is 0 Å². The van der Waals surface area contributed by atoms with Crippen LogP contribution in [-0.2, 0) is 4.79 Å². The number of piperidine rings is 1. The van der Waals surface area contributed by atoms with E-state index < -0.39 is 11.5 Å². The molecular formula is C26H37N5O4. The molecule has 2 aromatic rings. The van der Waals surface area contributed by atoms with Crippen LogP contribution >= 0.6 is 0 Å². The average molecular weight is 484 g/mol. The molecular weight excluding hydrogens is 446 g/mol. The normalized spacial score (nSPS) is 22.2. The summed E-state index contributed by atoms with van der Waals surface area (Å²) in [5, 5.41) is 13.9. The number of nitrogens with two attached hydrogens (primary N) is 1. The molecule has 0 radical (unpaired) electrons. The van der Waals surface area contributed by atoms with Gasteiger partial charge in [-0.2, -0.15) is 4.98 Å². The molecule has 2 aromatic heterocycles. The number of carbonyl (C=O) groups is 1. The minimum atomic E-state index is -0.670. The fraction of sp³-hybridized carbons (Fsp3) is 0.615. The summed E-state index contributed by atoms with van der Waals surface area (Å²) in [5.74, 6) is 1.89. The minimum absolute atomic E-state index is 0.256. The molecule has 1 fully saturated rings. The highest BCUT2D eigenvalue weighted by molar-refractivity contribution is 5.82. The fourth-order valence-corrected chi connectivity index (χ4v) is 4.95. The van der Waals surface area contributed by atoms with Gasteiger partial charge < -0.3 is 25.0 Å². The van der Waals surface area contributed by atoms with Gasteiger partial charge in [-0.1, -0.05) is 25.1 Å². The number of pyridine rings is 1. The predicted molar refractivity (Wildman–Crippen MR) is 133 cm³/mol. The lowest BCUT2D eigenvalue weighted by atomic mass is 9.70. The largest absolute Gasteiger partial charge is 0.492 e. The lowest BCUT2D eigenvalue weighted by Gasteiger charge is -2.34. The van der Waals surface area contributed by atoms with E-state index in [1.54, 1.807) is 13.1 Å². The molecule has 0 spiro atoms. The van der Waals surface area contributed by atoms with Gasteiger partial charge in [0.1, 0.15) is 5.75 Å². The van der Waals surface area contributed by atoms with E-state index in [-0.39, 0.29) is 11.8 Å². The summed E-state index contributed by atoms with van der Waals surface area (Å²) in [5.41, 5.74) is 7.00. The smallest absolute Gasteiger partial charge is 0.324 e. The van der Waals surface area contributed by atoms with Crippen LogP contribution in [0, 0.1) is 11.3 Å². The van der Waals surface area contributed by atoms with E-state index in [2.05, 4.69) is 33.9 Å². The molecule has 1 saturated heterocycles. The Labute approximate surface area is 206 Å². The van der Waals surface area contributed by atoms with Gasteiger partial charge in [-0.15, -0.1) is 0 Å². The second kappa shape index (κ2) is 10.8. The summed E-state index contributed by atoms with van der Waals surface area (Å²) in [4.78, 5) is 23.3. The summed E-state index contributed by atoms with van der Waals surface area (Å²) >= 11 is 0. The van der Waals surface area contributed by atoms with Gasteiger partial charge in [0, 0.05) is 19.0 Å². The molecule has 3 N–H and O–H groups in total. The van der Waals surface area contributed by atoms with E-state index >= 15 is 0 Å². The molecule has 9 heteroatoms. The maximum absolute atomic E-state index is 12.1. The number of primary amides is 1. The molecule has 1 aliphatic carbocycles. The number of allylic oxidation sites excluding steroid dienone is 2. The highest BCUT2D eigenvalue weighted by Crippen LogP contribution is 2.41. The monoisotopic (exact) mass is 483 g/mol. The highest BCUT2D eigenvalue weighted by Gasteiger charge is 2.39. The second-order valence-electron chi connectivity index (χ2n) is 10.3. The number of hydrogen-bond acceptors (Lipinski definition) is 8. The highest BCUT2D eigenvalue weighted by atomic mass is 16.5. The zero-order valence-corrected chi connectivity index (χ0v) is 20.9. The SMILES string of the molecule is CC(C)c1noc(N2CCC(COc3ccc(C4=CCC(C[C@H](C)O)(C(N)=O)CC4)nc3)CC2)n1. The number of aliphatic hydroxyl groups is 1. The first-order valence-electron chi connectivity index (χ1n) is 12.6. The molecule has 3 heterocycles. The molecule has 2 atom stereocenters. The Balaban J connectivity index is 1.26. The van der Waals surface area contributed by atoms with Crippen LogP contribution in [-0.4, -0.2) is 51.9 Å². The Morgan fingerprint density at radius 1 is 1.31 bits per heavy atom. The zero-order valence-electron chi connectivity index (χ0n) is 20.9. The third-order valence-corrected chi connectivity index (χ3v) is 7.20. The Bertz CT molecular complexity index is 1020. The summed E-state index contributed by atoms with van der Waals surface area (Å²) in [6.07, 6.45) is 7.51. The molecule has 9 nitrogen and oxygen atoms in total. The van der Waals surface area contributed by atoms with Crippen LogP contribution < -0.4 is 15.4 Å². The van der Waals surface area contributed by atoms with Crippen molar-refractivity contribution in [3.63, 3.8) is 0 Å². The fourth-order valence-electron chi connectivity index (χ4n) is 4.95. The van der Waals surface area contributed by atoms with E-state index in [0.29, 0.717) is 44.2 Å². The van der Waals surface area contributed by atoms with Crippen molar-refractivity contribution in [2.24, 2.45) is 17.1 Å². The summed E-state index contributed by atoms with van der Waals surface area (Å²) < 4.78 is 11.4. The lowest BCUT2D eigenvalue weighted by Crippen LogP contribution is -2.40. The Morgan fingerprint density at radius 3 is 2.63 bits per heavy atom. The molecule has 0 bridgehead atoms. The molecule has 190 valence electrons. The molecule has 0 saturated carbocycles. The number of anilines is 1. The van der Waals surface area contributed by atoms with Crippen LogP contribution in [0.3, 0.4) is 0 Å². The van der Waals surface area contributed by atoms with E-state index in [1.165, 1.54) is 0 Å². The van der Waals surface area contributed by atoms with Crippen LogP contribution in [0.15, 0.2) is 28.9 Å². The maximum atomic E-state index is 12.1. The predicted octanol–water partition coefficient (Wildman–Crippen LogP) is 3.69. The van der Waals surface area contributed by atoms with Gasteiger partial charge in [-0.3, -0.25) is 9.78 Å². The third kappa shape index (κ3) is 6.01. The zero-order chi connectivity index (χ0) is 25.0. The van der Waals surface area contributed by atoms with E-state index in [0.717, 1.165) is 48.8 Å². The van der Waals surface area contributed by atoms with Gasteiger partial charge >= 0.3 is 6.01 Å². The van der Waals surface area contributed by atoms with E-state index in [9.17, 15) is 9.90 Å². The van der Waals surface area contributed by atoms with Crippen LogP contribution in [0.1, 0.15) is 76.7 Å². The van der Waals surface area contributed by atoms with E-state index in [1.807, 2.05) is 18.2 Å². The molecule has 0 aromatic carbocycles.